The van der Waals surface area contributed by atoms with E-state index in [1.807, 2.05) is 55.6 Å². The predicted octanol–water partition coefficient (Wildman–Crippen LogP) is 5.21. The van der Waals surface area contributed by atoms with Crippen LogP contribution in [-0.2, 0) is 9.53 Å². The summed E-state index contributed by atoms with van der Waals surface area (Å²) in [7, 11) is 1.81. The molecule has 0 saturated carbocycles. The maximum absolute atomic E-state index is 12.7. The summed E-state index contributed by atoms with van der Waals surface area (Å²) in [6.07, 6.45) is 1.34. The van der Waals surface area contributed by atoms with E-state index in [-0.39, 0.29) is 18.1 Å². The van der Waals surface area contributed by atoms with Gasteiger partial charge in [-0.25, -0.2) is 0 Å². The molecule has 2 aromatic rings. The number of likely N-dealkylation sites (N-methyl/N-ethyl adjacent to an activating group) is 1. The molecule has 3 nitrogen and oxygen atoms in total. The summed E-state index contributed by atoms with van der Waals surface area (Å²) in [5.41, 5.74) is 1.94. The number of halogens is 2. The van der Waals surface area contributed by atoms with E-state index in [1.54, 1.807) is 11.0 Å². The fraction of sp³-hybridized carbons (Fsp3) is 0.250. The average Bonchev–Trinajstić information content (AvgIpc) is 2.61. The largest absolute Gasteiger partial charge is 0.358 e. The Kier molecular flexibility index (Phi) is 5.48. The second-order valence-electron chi connectivity index (χ2n) is 6.07. The first-order chi connectivity index (χ1) is 12.0. The van der Waals surface area contributed by atoms with Crippen LogP contribution in [0, 0.1) is 0 Å². The smallest absolute Gasteiger partial charge is 0.252 e. The molecule has 1 fully saturated rings. The molecule has 0 aliphatic carbocycles. The number of ether oxygens (including phenoxy) is 1. The number of morpholine rings is 1. The highest BCUT2D eigenvalue weighted by atomic mass is 35.5. The predicted molar refractivity (Wildman–Crippen MR) is 101 cm³/mol. The second-order valence-corrected chi connectivity index (χ2v) is 6.94. The van der Waals surface area contributed by atoms with Gasteiger partial charge in [0, 0.05) is 23.5 Å². The van der Waals surface area contributed by atoms with Crippen molar-refractivity contribution in [2.45, 2.75) is 24.7 Å². The van der Waals surface area contributed by atoms with Gasteiger partial charge in [-0.15, -0.1) is 6.58 Å². The maximum Gasteiger partial charge on any atom is 0.252 e. The molecule has 1 amide bonds. The van der Waals surface area contributed by atoms with Crippen LogP contribution in [0.5, 0.6) is 0 Å². The molecule has 1 unspecified atom stereocenters. The number of nitrogens with zero attached hydrogens (tertiary/aromatic N) is 1. The van der Waals surface area contributed by atoms with E-state index < -0.39 is 6.10 Å². The van der Waals surface area contributed by atoms with E-state index in [2.05, 4.69) is 6.58 Å². The van der Waals surface area contributed by atoms with Crippen molar-refractivity contribution in [3.8, 4) is 0 Å². The summed E-state index contributed by atoms with van der Waals surface area (Å²) in [5.74, 6) is -0.0509. The van der Waals surface area contributed by atoms with Gasteiger partial charge in [-0.2, -0.15) is 0 Å². The van der Waals surface area contributed by atoms with Gasteiger partial charge in [0.15, 0.2) is 0 Å². The number of benzene rings is 2. The molecule has 3 atom stereocenters. The van der Waals surface area contributed by atoms with Crippen LogP contribution < -0.4 is 0 Å². The molecular weight excluding hydrogens is 357 g/mol. The average molecular weight is 376 g/mol. The Morgan fingerprint density at radius 3 is 2.08 bits per heavy atom. The lowest BCUT2D eigenvalue weighted by atomic mass is 9.91. The third kappa shape index (κ3) is 3.74. The van der Waals surface area contributed by atoms with Crippen molar-refractivity contribution in [1.82, 2.24) is 4.90 Å². The molecule has 25 heavy (non-hydrogen) atoms. The number of hydrogen-bond acceptors (Lipinski definition) is 2. The van der Waals surface area contributed by atoms with Crippen molar-refractivity contribution in [2.24, 2.45) is 0 Å². The van der Waals surface area contributed by atoms with E-state index in [0.717, 1.165) is 11.1 Å². The van der Waals surface area contributed by atoms with E-state index in [0.29, 0.717) is 16.5 Å². The molecule has 5 heteroatoms. The van der Waals surface area contributed by atoms with E-state index in [1.165, 1.54) is 0 Å². The molecule has 0 aromatic heterocycles. The Labute approximate surface area is 157 Å². The van der Waals surface area contributed by atoms with Crippen LogP contribution in [-0.4, -0.2) is 24.0 Å². The Bertz CT molecular complexity index is 758. The summed E-state index contributed by atoms with van der Waals surface area (Å²) in [6.45, 7) is 3.73. The lowest BCUT2D eigenvalue weighted by Gasteiger charge is -2.43. The minimum absolute atomic E-state index is 0.0509. The van der Waals surface area contributed by atoms with Crippen LogP contribution in [0.4, 0.5) is 0 Å². The molecular formula is C20H19Cl2NO2. The molecule has 1 saturated heterocycles. The van der Waals surface area contributed by atoms with Crippen LogP contribution in [0.2, 0.25) is 10.0 Å². The first kappa shape index (κ1) is 18.0. The molecule has 0 N–H and O–H groups in total. The van der Waals surface area contributed by atoms with Crippen LogP contribution in [0.1, 0.15) is 29.7 Å². The lowest BCUT2D eigenvalue weighted by molar-refractivity contribution is -0.170. The first-order valence-corrected chi connectivity index (χ1v) is 8.81. The minimum atomic E-state index is -0.535. The monoisotopic (exact) mass is 375 g/mol. The highest BCUT2D eigenvalue weighted by Gasteiger charge is 2.41. The zero-order valence-electron chi connectivity index (χ0n) is 13.9. The number of amides is 1. The highest BCUT2D eigenvalue weighted by Crippen LogP contribution is 2.42. The van der Waals surface area contributed by atoms with Crippen molar-refractivity contribution in [1.29, 1.82) is 0 Å². The van der Waals surface area contributed by atoms with Crippen LogP contribution in [0.15, 0.2) is 61.2 Å². The van der Waals surface area contributed by atoms with E-state index in [9.17, 15) is 4.79 Å². The van der Waals surface area contributed by atoms with Gasteiger partial charge in [-0.3, -0.25) is 4.79 Å². The fourth-order valence-corrected chi connectivity index (χ4v) is 3.41. The van der Waals surface area contributed by atoms with Gasteiger partial charge in [-0.05, 0) is 35.4 Å². The molecule has 0 radical (unpaired) electrons. The Balaban J connectivity index is 2.03. The van der Waals surface area contributed by atoms with Crippen molar-refractivity contribution in [3.05, 3.63) is 82.4 Å². The SMILES string of the molecule is C=CC[C@@H]1O[C@@H](c2ccc(Cl)cc2)C(c2ccc(Cl)cc2)N(C)C1=O. The fourth-order valence-electron chi connectivity index (χ4n) is 3.16. The zero-order chi connectivity index (χ0) is 18.0. The highest BCUT2D eigenvalue weighted by molar-refractivity contribution is 6.30. The lowest BCUT2D eigenvalue weighted by Crippen LogP contribution is -2.48. The third-order valence-electron chi connectivity index (χ3n) is 4.43. The van der Waals surface area contributed by atoms with Crippen molar-refractivity contribution >= 4 is 29.1 Å². The Hall–Kier alpha value is -1.81. The molecule has 3 rings (SSSR count). The molecule has 1 aliphatic rings. The number of rotatable bonds is 4. The van der Waals surface area contributed by atoms with Crippen LogP contribution in [0.25, 0.3) is 0 Å². The van der Waals surface area contributed by atoms with Gasteiger partial charge >= 0.3 is 0 Å². The van der Waals surface area contributed by atoms with Crippen LogP contribution >= 0.6 is 23.2 Å². The Morgan fingerprint density at radius 1 is 1.04 bits per heavy atom. The number of hydrogen-bond donors (Lipinski definition) is 0. The molecule has 130 valence electrons. The number of carbonyl (C=O) groups excluding carboxylic acids is 1. The summed E-state index contributed by atoms with van der Waals surface area (Å²) in [5, 5.41) is 1.32. The zero-order valence-corrected chi connectivity index (χ0v) is 15.4. The summed E-state index contributed by atoms with van der Waals surface area (Å²) >= 11 is 12.0. The van der Waals surface area contributed by atoms with Gasteiger partial charge < -0.3 is 9.64 Å². The van der Waals surface area contributed by atoms with Crippen molar-refractivity contribution in [2.75, 3.05) is 7.05 Å². The first-order valence-electron chi connectivity index (χ1n) is 8.05. The maximum atomic E-state index is 12.7. The third-order valence-corrected chi connectivity index (χ3v) is 4.93. The molecule has 2 aromatic carbocycles. The standard InChI is InChI=1S/C20H19Cl2NO2/c1-3-4-17-20(24)23(2)18(13-5-9-15(21)10-6-13)19(25-17)14-7-11-16(22)12-8-14/h3,5-12,17-19H,1,4H2,2H3/t17-,18?,19-/m0/s1. The van der Waals surface area contributed by atoms with Crippen LogP contribution in [0.3, 0.4) is 0 Å². The van der Waals surface area contributed by atoms with Crippen molar-refractivity contribution in [3.63, 3.8) is 0 Å². The normalized spacial score (nSPS) is 23.6. The molecule has 1 aliphatic heterocycles. The van der Waals surface area contributed by atoms with E-state index in [4.69, 9.17) is 27.9 Å². The van der Waals surface area contributed by atoms with Gasteiger partial charge in [-0.1, -0.05) is 53.5 Å². The van der Waals surface area contributed by atoms with Gasteiger partial charge in [0.2, 0.25) is 0 Å². The topological polar surface area (TPSA) is 29.5 Å². The number of carbonyl (C=O) groups is 1. The Morgan fingerprint density at radius 2 is 1.56 bits per heavy atom. The quantitative estimate of drug-likeness (QED) is 0.686. The molecule has 0 bridgehead atoms. The summed E-state index contributed by atoms with van der Waals surface area (Å²) in [4.78, 5) is 14.5. The van der Waals surface area contributed by atoms with Gasteiger partial charge in [0.05, 0.1) is 6.04 Å². The molecule has 0 spiro atoms. The summed E-state index contributed by atoms with van der Waals surface area (Å²) in [6, 6.07) is 14.8. The molecule has 1 heterocycles. The van der Waals surface area contributed by atoms with Gasteiger partial charge in [0.1, 0.15) is 12.2 Å². The van der Waals surface area contributed by atoms with Crippen molar-refractivity contribution < 1.29 is 9.53 Å². The minimum Gasteiger partial charge on any atom is -0.358 e. The van der Waals surface area contributed by atoms with E-state index >= 15 is 0 Å². The summed E-state index contributed by atoms with van der Waals surface area (Å²) < 4.78 is 6.19. The van der Waals surface area contributed by atoms with Gasteiger partial charge in [0.25, 0.3) is 5.91 Å². The second kappa shape index (κ2) is 7.61.